The third-order valence-electron chi connectivity index (χ3n) is 3.01. The number of hydrazine groups is 1. The van der Waals surface area contributed by atoms with Gasteiger partial charge in [0.2, 0.25) is 5.91 Å². The van der Waals surface area contributed by atoms with Crippen molar-refractivity contribution in [1.82, 2.24) is 16.2 Å². The Balaban J connectivity index is 4.89. The largest absolute Gasteiger partial charge is 0.370 e. The number of hydrogen-bond donors (Lipinski definition) is 6. The van der Waals surface area contributed by atoms with Gasteiger partial charge in [-0.1, -0.05) is 13.8 Å². The summed E-state index contributed by atoms with van der Waals surface area (Å²) in [7, 11) is 0. The third kappa shape index (κ3) is 12.3. The normalized spacial score (nSPS) is 13.0. The summed E-state index contributed by atoms with van der Waals surface area (Å²) < 4.78 is 0. The zero-order valence-electron chi connectivity index (χ0n) is 14.8. The smallest absolute Gasteiger partial charge is 0.332 e. The molecule has 0 aliphatic heterocycles. The predicted molar refractivity (Wildman–Crippen MR) is 96.4 cm³/mol. The molecule has 148 valence electrons. The highest BCUT2D eigenvalue weighted by atomic mass is 16.7. The van der Waals surface area contributed by atoms with Crippen molar-refractivity contribution in [2.45, 2.75) is 45.2 Å². The van der Waals surface area contributed by atoms with E-state index < -0.39 is 29.1 Å². The van der Waals surface area contributed by atoms with Crippen molar-refractivity contribution in [1.29, 1.82) is 0 Å². The first-order valence-corrected chi connectivity index (χ1v) is 7.96. The topological polar surface area (TPSA) is 216 Å². The second-order valence-corrected chi connectivity index (χ2v) is 5.89. The standard InChI is InChI=1S/C13H27N9O4/c1-8(2)6-9(7-18-20-13(16)24)19-11(23)10(21-22(25)26)4-3-5-17-12(14)15/h7-10,21H,3-6H2,1-2H3,(H,19,23)(H4,14,15,17)(H3,16,20,24)/t9-,10-/m0/s1. The molecule has 13 heteroatoms. The highest BCUT2D eigenvalue weighted by Gasteiger charge is 2.24. The molecule has 0 aromatic rings. The van der Waals surface area contributed by atoms with E-state index in [1.807, 2.05) is 24.7 Å². The summed E-state index contributed by atoms with van der Waals surface area (Å²) in [6.45, 7) is 4.10. The van der Waals surface area contributed by atoms with E-state index in [9.17, 15) is 19.7 Å². The summed E-state index contributed by atoms with van der Waals surface area (Å²) in [6, 6.07) is -2.46. The van der Waals surface area contributed by atoms with Gasteiger partial charge in [-0.3, -0.25) is 9.79 Å². The maximum absolute atomic E-state index is 12.4. The van der Waals surface area contributed by atoms with Crippen LogP contribution in [-0.4, -0.2) is 47.8 Å². The summed E-state index contributed by atoms with van der Waals surface area (Å²) >= 11 is 0. The molecule has 0 radical (unpaired) electrons. The summed E-state index contributed by atoms with van der Waals surface area (Å²) in [5.74, 6) is -0.477. The van der Waals surface area contributed by atoms with Gasteiger partial charge in [0.1, 0.15) is 0 Å². The number of hydrazone groups is 1. The fourth-order valence-electron chi connectivity index (χ4n) is 2.02. The molecule has 13 nitrogen and oxygen atoms in total. The van der Waals surface area contributed by atoms with Crippen molar-refractivity contribution < 1.29 is 14.6 Å². The monoisotopic (exact) mass is 373 g/mol. The van der Waals surface area contributed by atoms with Crippen molar-refractivity contribution in [3.05, 3.63) is 10.1 Å². The molecule has 2 atom stereocenters. The van der Waals surface area contributed by atoms with E-state index in [2.05, 4.69) is 15.4 Å². The number of rotatable bonds is 12. The molecule has 0 spiro atoms. The number of nitrogens with two attached hydrogens (primary N) is 3. The number of guanidine groups is 1. The lowest BCUT2D eigenvalue weighted by Crippen LogP contribution is -2.50. The molecule has 0 heterocycles. The maximum Gasteiger partial charge on any atom is 0.332 e. The number of primary amides is 1. The number of hydrogen-bond acceptors (Lipinski definition) is 6. The van der Waals surface area contributed by atoms with Gasteiger partial charge in [-0.15, -0.1) is 5.43 Å². The van der Waals surface area contributed by atoms with Crippen molar-refractivity contribution in [3.63, 3.8) is 0 Å². The number of urea groups is 1. The van der Waals surface area contributed by atoms with Crippen LogP contribution in [0.25, 0.3) is 0 Å². The molecule has 26 heavy (non-hydrogen) atoms. The molecule has 0 aliphatic carbocycles. The summed E-state index contributed by atoms with van der Waals surface area (Å²) in [6.07, 6.45) is 2.33. The zero-order valence-corrected chi connectivity index (χ0v) is 14.8. The molecule has 0 saturated carbocycles. The van der Waals surface area contributed by atoms with Gasteiger partial charge in [-0.25, -0.2) is 20.3 Å². The van der Waals surface area contributed by atoms with Gasteiger partial charge in [0, 0.05) is 12.8 Å². The van der Waals surface area contributed by atoms with E-state index in [0.717, 1.165) is 0 Å². The van der Waals surface area contributed by atoms with Crippen molar-refractivity contribution in [3.8, 4) is 0 Å². The van der Waals surface area contributed by atoms with Gasteiger partial charge >= 0.3 is 6.03 Å². The van der Waals surface area contributed by atoms with Crippen LogP contribution in [0.5, 0.6) is 0 Å². The van der Waals surface area contributed by atoms with Crippen LogP contribution in [0.2, 0.25) is 0 Å². The lowest BCUT2D eigenvalue weighted by Gasteiger charge is -2.20. The Hall–Kier alpha value is -3.12. The zero-order chi connectivity index (χ0) is 20.1. The molecule has 0 saturated heterocycles. The summed E-state index contributed by atoms with van der Waals surface area (Å²) in [4.78, 5) is 37.5. The molecule has 0 fully saturated rings. The van der Waals surface area contributed by atoms with Crippen LogP contribution in [0, 0.1) is 16.0 Å². The van der Waals surface area contributed by atoms with Gasteiger partial charge in [0.15, 0.2) is 17.0 Å². The molecule has 0 bridgehead atoms. The number of nitrogens with one attached hydrogen (secondary N) is 3. The van der Waals surface area contributed by atoms with Crippen molar-refractivity contribution in [2.75, 3.05) is 6.54 Å². The first kappa shape index (κ1) is 22.9. The molecule has 0 aromatic carbocycles. The number of nitrogens with zero attached hydrogens (tertiary/aromatic N) is 3. The van der Waals surface area contributed by atoms with Gasteiger partial charge in [-0.05, 0) is 25.2 Å². The minimum atomic E-state index is -1.08. The van der Waals surface area contributed by atoms with Crippen LogP contribution in [0.3, 0.4) is 0 Å². The third-order valence-corrected chi connectivity index (χ3v) is 3.01. The molecular formula is C13H27N9O4. The molecule has 0 rings (SSSR count). The Kier molecular flexibility index (Phi) is 10.8. The average Bonchev–Trinajstić information content (AvgIpc) is 2.48. The van der Waals surface area contributed by atoms with Crippen LogP contribution in [0.1, 0.15) is 33.1 Å². The summed E-state index contributed by atoms with van der Waals surface area (Å²) in [5.41, 5.74) is 19.3. The van der Waals surface area contributed by atoms with E-state index in [0.29, 0.717) is 12.8 Å². The SMILES string of the molecule is CC(C)C[C@@H](C=NNC(N)=O)NC(=O)[C@H](CCCN=C(N)N)N[N+](=O)[O-]. The minimum Gasteiger partial charge on any atom is -0.370 e. The van der Waals surface area contributed by atoms with Crippen molar-refractivity contribution >= 4 is 24.1 Å². The van der Waals surface area contributed by atoms with Crippen LogP contribution >= 0.6 is 0 Å². The molecule has 0 aliphatic rings. The van der Waals surface area contributed by atoms with Crippen LogP contribution in [0.15, 0.2) is 10.1 Å². The highest BCUT2D eigenvalue weighted by Crippen LogP contribution is 2.05. The second-order valence-electron chi connectivity index (χ2n) is 5.89. The fourth-order valence-corrected chi connectivity index (χ4v) is 2.02. The maximum atomic E-state index is 12.4. The van der Waals surface area contributed by atoms with Crippen LogP contribution < -0.4 is 33.4 Å². The lowest BCUT2D eigenvalue weighted by atomic mass is 10.0. The van der Waals surface area contributed by atoms with Crippen LogP contribution in [-0.2, 0) is 4.79 Å². The van der Waals surface area contributed by atoms with Gasteiger partial charge in [0.25, 0.3) is 0 Å². The molecule has 3 amide bonds. The van der Waals surface area contributed by atoms with Gasteiger partial charge in [0.05, 0.1) is 6.04 Å². The lowest BCUT2D eigenvalue weighted by molar-refractivity contribution is -0.548. The number of aliphatic imine (C=N–C) groups is 1. The number of amides is 3. The molecule has 0 unspecified atom stereocenters. The molecular weight excluding hydrogens is 346 g/mol. The number of carbonyl (C=O) groups excluding carboxylic acids is 2. The quantitative estimate of drug-likeness (QED) is 0.0770. The highest BCUT2D eigenvalue weighted by molar-refractivity contribution is 5.85. The van der Waals surface area contributed by atoms with E-state index in [4.69, 9.17) is 17.2 Å². The first-order valence-electron chi connectivity index (χ1n) is 7.96. The van der Waals surface area contributed by atoms with E-state index in [1.165, 1.54) is 6.21 Å². The minimum absolute atomic E-state index is 0.0941. The van der Waals surface area contributed by atoms with E-state index in [-0.39, 0.29) is 24.8 Å². The second kappa shape index (κ2) is 12.3. The fraction of sp³-hybridized carbons (Fsp3) is 0.692. The van der Waals surface area contributed by atoms with Gasteiger partial charge in [-0.2, -0.15) is 5.10 Å². The summed E-state index contributed by atoms with van der Waals surface area (Å²) in [5, 5.41) is 16.2. The van der Waals surface area contributed by atoms with E-state index in [1.54, 1.807) is 0 Å². The molecule has 0 aromatic heterocycles. The Morgan fingerprint density at radius 2 is 1.92 bits per heavy atom. The number of nitro groups is 1. The predicted octanol–water partition coefficient (Wildman–Crippen LogP) is -1.63. The average molecular weight is 373 g/mol. The van der Waals surface area contributed by atoms with Crippen molar-refractivity contribution in [2.24, 2.45) is 33.2 Å². The Morgan fingerprint density at radius 1 is 1.27 bits per heavy atom. The van der Waals surface area contributed by atoms with Gasteiger partial charge < -0.3 is 22.5 Å². The first-order chi connectivity index (χ1) is 12.1. The van der Waals surface area contributed by atoms with Crippen LogP contribution in [0.4, 0.5) is 4.79 Å². The Bertz CT molecular complexity index is 532. The number of carbonyl (C=O) groups is 2. The Morgan fingerprint density at radius 3 is 2.42 bits per heavy atom. The van der Waals surface area contributed by atoms with E-state index >= 15 is 0 Å². The Labute approximate surface area is 150 Å². The molecule has 9 N–H and O–H groups in total.